The van der Waals surface area contributed by atoms with Gasteiger partial charge in [0.05, 0.1) is 0 Å². The molecule has 0 aliphatic carbocycles. The molecular weight excluding hydrogens is 256 g/mol. The minimum Gasteiger partial charge on any atom is -0.350 e. The van der Waals surface area contributed by atoms with Crippen LogP contribution in [0.25, 0.3) is 0 Å². The molecular formula is C16H21ClN2. The minimum atomic E-state index is 0.322. The van der Waals surface area contributed by atoms with Gasteiger partial charge in [-0.15, -0.1) is 0 Å². The molecule has 0 saturated heterocycles. The lowest BCUT2D eigenvalue weighted by atomic mass is 10.1. The number of hydrogen-bond donors (Lipinski definition) is 1. The summed E-state index contributed by atoms with van der Waals surface area (Å²) in [4.78, 5) is 0. The third-order valence-corrected chi connectivity index (χ3v) is 3.60. The van der Waals surface area contributed by atoms with Crippen molar-refractivity contribution in [1.29, 1.82) is 0 Å². The van der Waals surface area contributed by atoms with E-state index >= 15 is 0 Å². The molecule has 102 valence electrons. The zero-order valence-electron chi connectivity index (χ0n) is 11.6. The van der Waals surface area contributed by atoms with Crippen LogP contribution in [0.1, 0.15) is 37.6 Å². The molecule has 0 aliphatic rings. The van der Waals surface area contributed by atoms with E-state index in [2.05, 4.69) is 54.2 Å². The normalized spacial score (nSPS) is 12.6. The molecule has 0 spiro atoms. The van der Waals surface area contributed by atoms with Crippen molar-refractivity contribution in [2.75, 3.05) is 0 Å². The van der Waals surface area contributed by atoms with Gasteiger partial charge in [0.25, 0.3) is 0 Å². The molecule has 0 bridgehead atoms. The summed E-state index contributed by atoms with van der Waals surface area (Å²) in [7, 11) is 0. The molecule has 0 amide bonds. The molecule has 2 aromatic rings. The molecule has 0 radical (unpaired) electrons. The van der Waals surface area contributed by atoms with Gasteiger partial charge in [-0.1, -0.05) is 30.7 Å². The van der Waals surface area contributed by atoms with Crippen molar-refractivity contribution in [2.24, 2.45) is 0 Å². The maximum atomic E-state index is 5.91. The molecule has 1 heterocycles. The van der Waals surface area contributed by atoms with Crippen LogP contribution in [0, 0.1) is 0 Å². The van der Waals surface area contributed by atoms with Crippen LogP contribution in [-0.2, 0) is 13.1 Å². The molecule has 0 aliphatic heterocycles. The van der Waals surface area contributed by atoms with E-state index in [9.17, 15) is 0 Å². The van der Waals surface area contributed by atoms with Crippen molar-refractivity contribution in [3.8, 4) is 0 Å². The Kier molecular flexibility index (Phi) is 5.06. The predicted molar refractivity (Wildman–Crippen MR) is 81.4 cm³/mol. The van der Waals surface area contributed by atoms with Gasteiger partial charge in [-0.25, -0.2) is 0 Å². The van der Waals surface area contributed by atoms with Crippen LogP contribution in [0.2, 0.25) is 5.02 Å². The lowest BCUT2D eigenvalue weighted by Gasteiger charge is -2.15. The molecule has 19 heavy (non-hydrogen) atoms. The van der Waals surface area contributed by atoms with E-state index in [1.807, 2.05) is 12.1 Å². The van der Waals surface area contributed by atoms with Gasteiger partial charge in [-0.05, 0) is 43.2 Å². The van der Waals surface area contributed by atoms with Crippen molar-refractivity contribution in [1.82, 2.24) is 9.88 Å². The van der Waals surface area contributed by atoms with Crippen LogP contribution < -0.4 is 5.32 Å². The number of aryl methyl sites for hydroxylation is 1. The third kappa shape index (κ3) is 3.85. The standard InChI is InChI=1S/C16H21ClN2/c1-3-10-19-11-4-5-16(19)12-18-13(2)14-6-8-15(17)9-7-14/h4-9,11,13,18H,3,10,12H2,1-2H3/t13-/m1/s1. The monoisotopic (exact) mass is 276 g/mol. The fourth-order valence-corrected chi connectivity index (χ4v) is 2.32. The van der Waals surface area contributed by atoms with E-state index in [1.165, 1.54) is 11.3 Å². The first-order valence-corrected chi connectivity index (χ1v) is 7.21. The fraction of sp³-hybridized carbons (Fsp3) is 0.375. The van der Waals surface area contributed by atoms with Crippen LogP contribution in [0.15, 0.2) is 42.6 Å². The molecule has 1 N–H and O–H groups in total. The zero-order valence-corrected chi connectivity index (χ0v) is 12.3. The maximum absolute atomic E-state index is 5.91. The van der Waals surface area contributed by atoms with Crippen LogP contribution in [-0.4, -0.2) is 4.57 Å². The van der Waals surface area contributed by atoms with E-state index in [0.29, 0.717) is 6.04 Å². The molecule has 2 nitrogen and oxygen atoms in total. The van der Waals surface area contributed by atoms with Gasteiger partial charge in [-0.2, -0.15) is 0 Å². The average Bonchev–Trinajstić information content (AvgIpc) is 2.85. The number of aromatic nitrogens is 1. The van der Waals surface area contributed by atoms with Crippen molar-refractivity contribution in [2.45, 2.75) is 39.4 Å². The van der Waals surface area contributed by atoms with E-state index in [0.717, 1.165) is 24.5 Å². The van der Waals surface area contributed by atoms with Crippen LogP contribution in [0.3, 0.4) is 0 Å². The summed E-state index contributed by atoms with van der Waals surface area (Å²) >= 11 is 5.91. The molecule has 3 heteroatoms. The number of benzene rings is 1. The van der Waals surface area contributed by atoms with Gasteiger partial charge >= 0.3 is 0 Å². The van der Waals surface area contributed by atoms with Crippen molar-refractivity contribution < 1.29 is 0 Å². The first kappa shape index (κ1) is 14.2. The minimum absolute atomic E-state index is 0.322. The number of rotatable bonds is 6. The highest BCUT2D eigenvalue weighted by atomic mass is 35.5. The zero-order chi connectivity index (χ0) is 13.7. The van der Waals surface area contributed by atoms with Gasteiger partial charge in [0.1, 0.15) is 0 Å². The second kappa shape index (κ2) is 6.78. The first-order chi connectivity index (χ1) is 9.20. The highest BCUT2D eigenvalue weighted by molar-refractivity contribution is 6.30. The summed E-state index contributed by atoms with van der Waals surface area (Å²) in [6, 6.07) is 12.6. The summed E-state index contributed by atoms with van der Waals surface area (Å²) in [5.41, 5.74) is 2.60. The van der Waals surface area contributed by atoms with Gasteiger partial charge in [-0.3, -0.25) is 0 Å². The Morgan fingerprint density at radius 3 is 2.63 bits per heavy atom. The molecule has 0 saturated carbocycles. The number of hydrogen-bond acceptors (Lipinski definition) is 1. The Bertz CT molecular complexity index is 502. The van der Waals surface area contributed by atoms with Crippen LogP contribution in [0.4, 0.5) is 0 Å². The topological polar surface area (TPSA) is 17.0 Å². The molecule has 1 aromatic carbocycles. The van der Waals surface area contributed by atoms with E-state index in [-0.39, 0.29) is 0 Å². The highest BCUT2D eigenvalue weighted by Crippen LogP contribution is 2.16. The largest absolute Gasteiger partial charge is 0.350 e. The Morgan fingerprint density at radius 2 is 1.95 bits per heavy atom. The maximum Gasteiger partial charge on any atom is 0.0406 e. The molecule has 1 atom stereocenters. The highest BCUT2D eigenvalue weighted by Gasteiger charge is 2.06. The van der Waals surface area contributed by atoms with E-state index < -0.39 is 0 Å². The number of halogens is 1. The quantitative estimate of drug-likeness (QED) is 0.827. The smallest absolute Gasteiger partial charge is 0.0406 e. The predicted octanol–water partition coefficient (Wildman–Crippen LogP) is 4.40. The molecule has 2 rings (SSSR count). The summed E-state index contributed by atoms with van der Waals surface area (Å²) in [5, 5.41) is 4.34. The van der Waals surface area contributed by atoms with E-state index in [1.54, 1.807) is 0 Å². The average molecular weight is 277 g/mol. The first-order valence-electron chi connectivity index (χ1n) is 6.83. The van der Waals surface area contributed by atoms with Crippen molar-refractivity contribution >= 4 is 11.6 Å². The summed E-state index contributed by atoms with van der Waals surface area (Å²) in [5.74, 6) is 0. The molecule has 0 fully saturated rings. The third-order valence-electron chi connectivity index (χ3n) is 3.35. The van der Waals surface area contributed by atoms with Crippen molar-refractivity contribution in [3.63, 3.8) is 0 Å². The lowest BCUT2D eigenvalue weighted by Crippen LogP contribution is -2.20. The molecule has 0 unspecified atom stereocenters. The number of nitrogens with one attached hydrogen (secondary N) is 1. The number of nitrogens with zero attached hydrogens (tertiary/aromatic N) is 1. The SMILES string of the molecule is CCCn1cccc1CN[C@H](C)c1ccc(Cl)cc1. The Morgan fingerprint density at radius 1 is 1.21 bits per heavy atom. The Labute approximate surface area is 120 Å². The Hall–Kier alpha value is -1.25. The summed E-state index contributed by atoms with van der Waals surface area (Å²) in [6.07, 6.45) is 3.31. The summed E-state index contributed by atoms with van der Waals surface area (Å²) in [6.45, 7) is 6.35. The van der Waals surface area contributed by atoms with Gasteiger partial charge in [0.15, 0.2) is 0 Å². The van der Waals surface area contributed by atoms with Gasteiger partial charge < -0.3 is 9.88 Å². The van der Waals surface area contributed by atoms with E-state index in [4.69, 9.17) is 11.6 Å². The second-order valence-electron chi connectivity index (χ2n) is 4.85. The van der Waals surface area contributed by atoms with Gasteiger partial charge in [0, 0.05) is 36.0 Å². The molecule has 1 aromatic heterocycles. The summed E-state index contributed by atoms with van der Waals surface area (Å²) < 4.78 is 2.31. The Balaban J connectivity index is 1.94. The van der Waals surface area contributed by atoms with Crippen LogP contribution in [0.5, 0.6) is 0 Å². The van der Waals surface area contributed by atoms with Crippen LogP contribution >= 0.6 is 11.6 Å². The van der Waals surface area contributed by atoms with Gasteiger partial charge in [0.2, 0.25) is 0 Å². The second-order valence-corrected chi connectivity index (χ2v) is 5.28. The fourth-order valence-electron chi connectivity index (χ4n) is 2.20. The van der Waals surface area contributed by atoms with Crippen molar-refractivity contribution in [3.05, 3.63) is 58.9 Å². The lowest BCUT2D eigenvalue weighted by molar-refractivity contribution is 0.542.